The highest BCUT2D eigenvalue weighted by molar-refractivity contribution is 6.01. The number of aryl methyl sites for hydroxylation is 1. The molecule has 6 nitrogen and oxygen atoms in total. The molecule has 0 spiro atoms. The van der Waals surface area contributed by atoms with Gasteiger partial charge >= 0.3 is 0 Å². The van der Waals surface area contributed by atoms with Crippen LogP contribution in [-0.2, 0) is 6.42 Å². The van der Waals surface area contributed by atoms with Gasteiger partial charge in [0.05, 0.1) is 0 Å². The van der Waals surface area contributed by atoms with Crippen molar-refractivity contribution in [1.29, 1.82) is 0 Å². The van der Waals surface area contributed by atoms with Gasteiger partial charge in [0, 0.05) is 17.8 Å². The van der Waals surface area contributed by atoms with E-state index in [2.05, 4.69) is 20.5 Å². The van der Waals surface area contributed by atoms with Gasteiger partial charge in [0.2, 0.25) is 5.82 Å². The van der Waals surface area contributed by atoms with E-state index < -0.39 is 0 Å². The summed E-state index contributed by atoms with van der Waals surface area (Å²) in [4.78, 5) is 16.0. The topological polar surface area (TPSA) is 96.7 Å². The number of benzene rings is 1. The van der Waals surface area contributed by atoms with Crippen LogP contribution in [0.25, 0.3) is 0 Å². The number of aromatic nitrogens is 3. The average molecular weight is 245 g/mol. The van der Waals surface area contributed by atoms with Crippen molar-refractivity contribution in [3.8, 4) is 0 Å². The Morgan fingerprint density at radius 3 is 3.06 bits per heavy atom. The lowest BCUT2D eigenvalue weighted by atomic mass is 10.3. The summed E-state index contributed by atoms with van der Waals surface area (Å²) in [5.41, 5.74) is 6.85. The van der Waals surface area contributed by atoms with Crippen molar-refractivity contribution in [2.24, 2.45) is 0 Å². The zero-order valence-electron chi connectivity index (χ0n) is 10.1. The second-order valence-electron chi connectivity index (χ2n) is 3.94. The second kappa shape index (κ2) is 5.31. The number of anilines is 2. The van der Waals surface area contributed by atoms with Gasteiger partial charge in [-0.3, -0.25) is 9.89 Å². The molecule has 94 valence electrons. The van der Waals surface area contributed by atoms with Crippen molar-refractivity contribution in [2.75, 3.05) is 11.1 Å². The number of nitrogen functional groups attached to an aromatic ring is 1. The fraction of sp³-hybridized carbons (Fsp3) is 0.250. The fourth-order valence-corrected chi connectivity index (χ4v) is 1.55. The molecule has 0 radical (unpaired) electrons. The van der Waals surface area contributed by atoms with Crippen LogP contribution in [0.1, 0.15) is 29.8 Å². The van der Waals surface area contributed by atoms with Crippen molar-refractivity contribution in [1.82, 2.24) is 15.2 Å². The van der Waals surface area contributed by atoms with Crippen LogP contribution in [0.15, 0.2) is 24.3 Å². The van der Waals surface area contributed by atoms with Gasteiger partial charge in [0.1, 0.15) is 5.82 Å². The predicted octanol–water partition coefficient (Wildman–Crippen LogP) is 1.59. The Bertz CT molecular complexity index is 549. The Morgan fingerprint density at radius 2 is 2.33 bits per heavy atom. The van der Waals surface area contributed by atoms with Gasteiger partial charge in [-0.1, -0.05) is 13.0 Å². The molecule has 4 N–H and O–H groups in total. The lowest BCUT2D eigenvalue weighted by molar-refractivity contribution is 0.101. The minimum atomic E-state index is -0.348. The fourth-order valence-electron chi connectivity index (χ4n) is 1.55. The number of rotatable bonds is 4. The molecule has 6 heteroatoms. The van der Waals surface area contributed by atoms with E-state index in [1.54, 1.807) is 24.3 Å². The molecule has 2 rings (SSSR count). The molecule has 1 heterocycles. The van der Waals surface area contributed by atoms with Gasteiger partial charge in [-0.25, -0.2) is 4.98 Å². The number of hydrogen-bond donors (Lipinski definition) is 3. The van der Waals surface area contributed by atoms with Crippen LogP contribution >= 0.6 is 0 Å². The molecule has 0 atom stereocenters. The Hall–Kier alpha value is -2.37. The van der Waals surface area contributed by atoms with E-state index in [9.17, 15) is 4.79 Å². The Morgan fingerprint density at radius 1 is 1.50 bits per heavy atom. The summed E-state index contributed by atoms with van der Waals surface area (Å²) in [6.07, 6.45) is 1.73. The van der Waals surface area contributed by atoms with E-state index >= 15 is 0 Å². The van der Waals surface area contributed by atoms with E-state index in [-0.39, 0.29) is 11.7 Å². The summed E-state index contributed by atoms with van der Waals surface area (Å²) in [5, 5.41) is 9.30. The number of hydrogen-bond acceptors (Lipinski definition) is 4. The van der Waals surface area contributed by atoms with E-state index in [4.69, 9.17) is 5.73 Å². The SMILES string of the molecule is CCCc1nc(C(=O)Nc2cccc(N)c2)n[nH]1. The molecule has 0 aliphatic heterocycles. The summed E-state index contributed by atoms with van der Waals surface area (Å²) in [6, 6.07) is 6.96. The molecule has 1 aromatic heterocycles. The monoisotopic (exact) mass is 245 g/mol. The van der Waals surface area contributed by atoms with Crippen molar-refractivity contribution in [3.63, 3.8) is 0 Å². The largest absolute Gasteiger partial charge is 0.399 e. The molecule has 1 aromatic carbocycles. The van der Waals surface area contributed by atoms with E-state index in [0.29, 0.717) is 11.4 Å². The number of carbonyl (C=O) groups excluding carboxylic acids is 1. The van der Waals surface area contributed by atoms with E-state index in [0.717, 1.165) is 18.7 Å². The summed E-state index contributed by atoms with van der Waals surface area (Å²) in [6.45, 7) is 2.04. The maximum Gasteiger partial charge on any atom is 0.295 e. The van der Waals surface area contributed by atoms with Crippen molar-refractivity contribution in [3.05, 3.63) is 35.9 Å². The molecule has 0 aliphatic rings. The number of aromatic amines is 1. The van der Waals surface area contributed by atoms with Crippen molar-refractivity contribution >= 4 is 17.3 Å². The second-order valence-corrected chi connectivity index (χ2v) is 3.94. The zero-order chi connectivity index (χ0) is 13.0. The number of nitrogens with one attached hydrogen (secondary N) is 2. The quantitative estimate of drug-likeness (QED) is 0.712. The standard InChI is InChI=1S/C12H15N5O/c1-2-4-10-15-11(17-16-10)12(18)14-9-6-3-5-8(13)7-9/h3,5-7H,2,4,13H2,1H3,(H,14,18)(H,15,16,17). The van der Waals surface area contributed by atoms with Gasteiger partial charge in [0.15, 0.2) is 0 Å². The van der Waals surface area contributed by atoms with E-state index in [1.807, 2.05) is 6.92 Å². The molecule has 2 aromatic rings. The first kappa shape index (κ1) is 12.1. The van der Waals surface area contributed by atoms with Crippen LogP contribution in [-0.4, -0.2) is 21.1 Å². The van der Waals surface area contributed by atoms with Crippen LogP contribution < -0.4 is 11.1 Å². The molecule has 0 aliphatic carbocycles. The number of nitrogens with two attached hydrogens (primary N) is 1. The molecule has 0 saturated carbocycles. The van der Waals surface area contributed by atoms with Crippen LogP contribution in [0.3, 0.4) is 0 Å². The normalized spacial score (nSPS) is 10.3. The first-order valence-electron chi connectivity index (χ1n) is 5.77. The maximum absolute atomic E-state index is 11.8. The van der Waals surface area contributed by atoms with Crippen molar-refractivity contribution < 1.29 is 4.79 Å². The summed E-state index contributed by atoms with van der Waals surface area (Å²) in [7, 11) is 0. The first-order chi connectivity index (χ1) is 8.69. The molecule has 18 heavy (non-hydrogen) atoms. The zero-order valence-corrected chi connectivity index (χ0v) is 10.1. The number of H-pyrrole nitrogens is 1. The average Bonchev–Trinajstić information content (AvgIpc) is 2.78. The van der Waals surface area contributed by atoms with Gasteiger partial charge in [0.25, 0.3) is 5.91 Å². The molecular weight excluding hydrogens is 230 g/mol. The minimum absolute atomic E-state index is 0.140. The molecule has 0 bridgehead atoms. The highest BCUT2D eigenvalue weighted by Crippen LogP contribution is 2.12. The molecule has 1 amide bonds. The van der Waals surface area contributed by atoms with Crippen LogP contribution in [0, 0.1) is 0 Å². The third-order valence-electron chi connectivity index (χ3n) is 2.37. The van der Waals surface area contributed by atoms with Gasteiger partial charge < -0.3 is 11.1 Å². The first-order valence-corrected chi connectivity index (χ1v) is 5.77. The Balaban J connectivity index is 2.07. The summed E-state index contributed by atoms with van der Waals surface area (Å²) >= 11 is 0. The summed E-state index contributed by atoms with van der Waals surface area (Å²) in [5.74, 6) is 0.510. The molecule has 0 saturated heterocycles. The van der Waals surface area contributed by atoms with E-state index in [1.165, 1.54) is 0 Å². The molecule has 0 fully saturated rings. The Kier molecular flexibility index (Phi) is 3.57. The summed E-state index contributed by atoms with van der Waals surface area (Å²) < 4.78 is 0. The van der Waals surface area contributed by atoms with Gasteiger partial charge in [-0.2, -0.15) is 0 Å². The lowest BCUT2D eigenvalue weighted by Gasteiger charge is -2.02. The van der Waals surface area contributed by atoms with Crippen LogP contribution in [0.5, 0.6) is 0 Å². The highest BCUT2D eigenvalue weighted by Gasteiger charge is 2.12. The molecular formula is C12H15N5O. The van der Waals surface area contributed by atoms with Crippen LogP contribution in [0.2, 0.25) is 0 Å². The van der Waals surface area contributed by atoms with Gasteiger partial charge in [-0.05, 0) is 24.6 Å². The maximum atomic E-state index is 11.8. The lowest BCUT2D eigenvalue weighted by Crippen LogP contribution is -2.13. The van der Waals surface area contributed by atoms with Crippen molar-refractivity contribution in [2.45, 2.75) is 19.8 Å². The predicted molar refractivity (Wildman–Crippen MR) is 69.2 cm³/mol. The third kappa shape index (κ3) is 2.85. The smallest absolute Gasteiger partial charge is 0.295 e. The van der Waals surface area contributed by atoms with Crippen LogP contribution in [0.4, 0.5) is 11.4 Å². The van der Waals surface area contributed by atoms with Gasteiger partial charge in [-0.15, -0.1) is 5.10 Å². The number of amides is 1. The Labute approximate surface area is 105 Å². The minimum Gasteiger partial charge on any atom is -0.399 e. The highest BCUT2D eigenvalue weighted by atomic mass is 16.2. The third-order valence-corrected chi connectivity index (χ3v) is 2.37. The number of nitrogens with zero attached hydrogens (tertiary/aromatic N) is 2. The number of carbonyl (C=O) groups is 1. The molecule has 0 unspecified atom stereocenters.